The van der Waals surface area contributed by atoms with Crippen molar-refractivity contribution in [1.82, 2.24) is 4.90 Å². The average Bonchev–Trinajstić information content (AvgIpc) is 3.16. The molecular weight excluding hydrogens is 435 g/mol. The van der Waals surface area contributed by atoms with Crippen LogP contribution in [0.1, 0.15) is 38.3 Å². The lowest BCUT2D eigenvalue weighted by molar-refractivity contribution is -0.0600. The first-order valence-corrected chi connectivity index (χ1v) is 11.2. The summed E-state index contributed by atoms with van der Waals surface area (Å²) in [7, 11) is 0. The van der Waals surface area contributed by atoms with Gasteiger partial charge in [-0.2, -0.15) is 0 Å². The summed E-state index contributed by atoms with van der Waals surface area (Å²) in [6, 6.07) is 15.4. The van der Waals surface area contributed by atoms with Crippen LogP contribution in [0, 0.1) is 0 Å². The summed E-state index contributed by atoms with van der Waals surface area (Å²) in [4.78, 5) is 7.84. The van der Waals surface area contributed by atoms with Crippen LogP contribution in [-0.4, -0.2) is 53.2 Å². The molecule has 0 amide bonds. The molecule has 1 N–H and O–H groups in total. The molecule has 0 bridgehead atoms. The van der Waals surface area contributed by atoms with Gasteiger partial charge in [0.15, 0.2) is 0 Å². The van der Waals surface area contributed by atoms with Gasteiger partial charge in [0.1, 0.15) is 6.10 Å². The molecule has 0 radical (unpaired) electrons. The Balaban J connectivity index is 1.65. The smallest absolute Gasteiger partial charge is 0.145 e. The number of oxime groups is 1. The number of nitrogens with zero attached hydrogens (tertiary/aromatic N) is 2. The van der Waals surface area contributed by atoms with Crippen molar-refractivity contribution in [1.29, 1.82) is 0 Å². The first-order chi connectivity index (χ1) is 14.7. The van der Waals surface area contributed by atoms with E-state index in [9.17, 15) is 5.11 Å². The van der Waals surface area contributed by atoms with Crippen molar-refractivity contribution in [2.45, 2.75) is 51.5 Å². The third-order valence-corrected chi connectivity index (χ3v) is 5.61. The molecule has 0 aliphatic carbocycles. The standard InChI is InChI=1S/C24H30Cl2N2O3/c1-24(2,3)30-16-18(29)14-28(13-17-8-4-6-10-21(17)25)15-19-12-23(27-31-19)20-9-5-7-11-22(20)26/h4-11,18-19,29H,12-16H2,1-3H3/t18-,19+/m1/s1. The van der Waals surface area contributed by atoms with Crippen molar-refractivity contribution in [2.75, 3.05) is 19.7 Å². The monoisotopic (exact) mass is 464 g/mol. The highest BCUT2D eigenvalue weighted by Gasteiger charge is 2.27. The van der Waals surface area contributed by atoms with Gasteiger partial charge in [-0.25, -0.2) is 0 Å². The minimum atomic E-state index is -0.632. The fourth-order valence-corrected chi connectivity index (χ4v) is 3.88. The normalized spacial score (nSPS) is 17.5. The van der Waals surface area contributed by atoms with E-state index in [2.05, 4.69) is 10.1 Å². The molecular formula is C24H30Cl2N2O3. The summed E-state index contributed by atoms with van der Waals surface area (Å²) in [5, 5.41) is 16.2. The second-order valence-electron chi connectivity index (χ2n) is 8.81. The van der Waals surface area contributed by atoms with Crippen molar-refractivity contribution >= 4 is 28.9 Å². The molecule has 5 nitrogen and oxygen atoms in total. The van der Waals surface area contributed by atoms with Gasteiger partial charge in [0.2, 0.25) is 0 Å². The molecule has 3 rings (SSSR count). The van der Waals surface area contributed by atoms with Crippen LogP contribution in [0.4, 0.5) is 0 Å². The van der Waals surface area contributed by atoms with Gasteiger partial charge in [-0.1, -0.05) is 64.8 Å². The van der Waals surface area contributed by atoms with Crippen LogP contribution in [-0.2, 0) is 16.1 Å². The minimum absolute atomic E-state index is 0.135. The van der Waals surface area contributed by atoms with Crippen molar-refractivity contribution in [3.8, 4) is 0 Å². The first-order valence-electron chi connectivity index (χ1n) is 10.5. The second-order valence-corrected chi connectivity index (χ2v) is 9.63. The maximum atomic E-state index is 10.6. The Bertz CT molecular complexity index is 898. The summed E-state index contributed by atoms with van der Waals surface area (Å²) in [5.41, 5.74) is 2.42. The predicted octanol–water partition coefficient (Wildman–Crippen LogP) is 5.16. The Morgan fingerprint density at radius 1 is 1.13 bits per heavy atom. The van der Waals surface area contributed by atoms with Gasteiger partial charge in [-0.15, -0.1) is 0 Å². The molecule has 1 aliphatic rings. The molecule has 0 saturated carbocycles. The topological polar surface area (TPSA) is 54.3 Å². The maximum absolute atomic E-state index is 10.6. The van der Waals surface area contributed by atoms with Gasteiger partial charge in [-0.05, 0) is 38.5 Å². The summed E-state index contributed by atoms with van der Waals surface area (Å²) >= 11 is 12.7. The van der Waals surface area contributed by atoms with E-state index in [0.29, 0.717) is 36.1 Å². The Morgan fingerprint density at radius 3 is 2.48 bits per heavy atom. The Hall–Kier alpha value is -1.63. The zero-order valence-electron chi connectivity index (χ0n) is 18.2. The highest BCUT2D eigenvalue weighted by atomic mass is 35.5. The molecule has 2 aromatic rings. The second kappa shape index (κ2) is 10.8. The van der Waals surface area contributed by atoms with Crippen molar-refractivity contribution < 1.29 is 14.7 Å². The number of rotatable bonds is 9. The predicted molar refractivity (Wildman–Crippen MR) is 126 cm³/mol. The lowest BCUT2D eigenvalue weighted by atomic mass is 10.0. The highest BCUT2D eigenvalue weighted by Crippen LogP contribution is 2.24. The van der Waals surface area contributed by atoms with Gasteiger partial charge < -0.3 is 14.7 Å². The first kappa shape index (κ1) is 24.0. The van der Waals surface area contributed by atoms with Crippen LogP contribution in [0.5, 0.6) is 0 Å². The molecule has 31 heavy (non-hydrogen) atoms. The zero-order chi connectivity index (χ0) is 22.4. The number of hydrogen-bond acceptors (Lipinski definition) is 5. The molecule has 1 heterocycles. The largest absolute Gasteiger partial charge is 0.390 e. The molecule has 0 saturated heterocycles. The van der Waals surface area contributed by atoms with E-state index < -0.39 is 6.10 Å². The quantitative estimate of drug-likeness (QED) is 0.556. The lowest BCUT2D eigenvalue weighted by Crippen LogP contribution is -2.40. The minimum Gasteiger partial charge on any atom is -0.390 e. The summed E-state index contributed by atoms with van der Waals surface area (Å²) in [5.74, 6) is 0. The van der Waals surface area contributed by atoms with Gasteiger partial charge in [0.05, 0.1) is 24.0 Å². The van der Waals surface area contributed by atoms with Gasteiger partial charge in [-0.3, -0.25) is 4.90 Å². The van der Waals surface area contributed by atoms with E-state index in [1.165, 1.54) is 0 Å². The molecule has 7 heteroatoms. The van der Waals surface area contributed by atoms with Crippen molar-refractivity contribution in [2.24, 2.45) is 5.16 Å². The van der Waals surface area contributed by atoms with Crippen LogP contribution in [0.15, 0.2) is 53.7 Å². The van der Waals surface area contributed by atoms with Crippen LogP contribution in [0.2, 0.25) is 10.0 Å². The summed E-state index contributed by atoms with van der Waals surface area (Å²) in [6.45, 7) is 7.80. The van der Waals surface area contributed by atoms with E-state index >= 15 is 0 Å². The molecule has 2 aromatic carbocycles. The van der Waals surface area contributed by atoms with Crippen molar-refractivity contribution in [3.63, 3.8) is 0 Å². The SMILES string of the molecule is CC(C)(C)OC[C@H](O)CN(Cc1ccccc1Cl)C[C@@H]1CC(c2ccccc2Cl)=NO1. The van der Waals surface area contributed by atoms with E-state index in [0.717, 1.165) is 16.8 Å². The number of aliphatic hydroxyl groups is 1. The van der Waals surface area contributed by atoms with E-state index in [1.54, 1.807) is 0 Å². The third kappa shape index (κ3) is 7.48. The Labute approximate surface area is 194 Å². The molecule has 0 fully saturated rings. The van der Waals surface area contributed by atoms with Gasteiger partial charge in [0.25, 0.3) is 0 Å². The van der Waals surface area contributed by atoms with Gasteiger partial charge >= 0.3 is 0 Å². The number of ether oxygens (including phenoxy) is 1. The molecule has 168 valence electrons. The molecule has 0 aromatic heterocycles. The van der Waals surface area contributed by atoms with Crippen molar-refractivity contribution in [3.05, 3.63) is 69.7 Å². The van der Waals surface area contributed by atoms with Crippen LogP contribution < -0.4 is 0 Å². The van der Waals surface area contributed by atoms with Gasteiger partial charge in [0, 0.05) is 41.7 Å². The third-order valence-electron chi connectivity index (χ3n) is 4.91. The Kier molecular flexibility index (Phi) is 8.36. The molecule has 0 spiro atoms. The molecule has 1 aliphatic heterocycles. The van der Waals surface area contributed by atoms with E-state index in [-0.39, 0.29) is 18.3 Å². The van der Waals surface area contributed by atoms with Crippen LogP contribution in [0.25, 0.3) is 0 Å². The summed E-state index contributed by atoms with van der Waals surface area (Å²) < 4.78 is 5.75. The fraction of sp³-hybridized carbons (Fsp3) is 0.458. The zero-order valence-corrected chi connectivity index (χ0v) is 19.7. The lowest BCUT2D eigenvalue weighted by Gasteiger charge is -2.29. The van der Waals surface area contributed by atoms with E-state index in [4.69, 9.17) is 32.8 Å². The number of aliphatic hydroxyl groups excluding tert-OH is 1. The van der Waals surface area contributed by atoms with Crippen LogP contribution >= 0.6 is 23.2 Å². The fourth-order valence-electron chi connectivity index (χ4n) is 3.44. The summed E-state index contributed by atoms with van der Waals surface area (Å²) in [6.07, 6.45) is -0.117. The number of benzene rings is 2. The maximum Gasteiger partial charge on any atom is 0.145 e. The molecule has 0 unspecified atom stereocenters. The molecule has 2 atom stereocenters. The Morgan fingerprint density at radius 2 is 1.81 bits per heavy atom. The highest BCUT2D eigenvalue weighted by molar-refractivity contribution is 6.34. The number of hydrogen-bond donors (Lipinski definition) is 1. The number of halogens is 2. The van der Waals surface area contributed by atoms with E-state index in [1.807, 2.05) is 69.3 Å². The average molecular weight is 465 g/mol. The van der Waals surface area contributed by atoms with Crippen LogP contribution in [0.3, 0.4) is 0 Å².